The second kappa shape index (κ2) is 10.2. The molecular weight excluding hydrogens is 412 g/mol. The highest BCUT2D eigenvalue weighted by Crippen LogP contribution is 2.37. The van der Waals surface area contributed by atoms with E-state index in [0.29, 0.717) is 5.75 Å². The van der Waals surface area contributed by atoms with Gasteiger partial charge < -0.3 is 5.11 Å². The summed E-state index contributed by atoms with van der Waals surface area (Å²) in [7, 11) is 0. The van der Waals surface area contributed by atoms with Gasteiger partial charge in [0, 0.05) is 5.56 Å². The maximum absolute atomic E-state index is 10.7. The first-order chi connectivity index (χ1) is 16.8. The quantitative estimate of drug-likeness (QED) is 0.273. The molecule has 0 fully saturated rings. The molecule has 0 spiro atoms. The normalized spacial score (nSPS) is 10.8. The molecule has 0 unspecified atom stereocenters. The molecule has 0 heterocycles. The van der Waals surface area contributed by atoms with E-state index in [2.05, 4.69) is 103 Å². The van der Waals surface area contributed by atoms with Crippen LogP contribution in [0.3, 0.4) is 0 Å². The Labute approximate surface area is 202 Å². The van der Waals surface area contributed by atoms with Gasteiger partial charge in [0.2, 0.25) is 0 Å². The van der Waals surface area contributed by atoms with E-state index in [0.717, 1.165) is 30.4 Å². The number of benzene rings is 5. The Morgan fingerprint density at radius 3 is 1.41 bits per heavy atom. The lowest BCUT2D eigenvalue weighted by atomic mass is 9.84. The van der Waals surface area contributed by atoms with Crippen molar-refractivity contribution >= 4 is 0 Å². The summed E-state index contributed by atoms with van der Waals surface area (Å²) in [6.07, 6.45) is 2.55. The van der Waals surface area contributed by atoms with E-state index in [-0.39, 0.29) is 0 Å². The summed E-state index contributed by atoms with van der Waals surface area (Å²) in [4.78, 5) is 0. The Morgan fingerprint density at radius 2 is 0.853 bits per heavy atom. The molecule has 0 aromatic heterocycles. The van der Waals surface area contributed by atoms with Crippen molar-refractivity contribution in [3.8, 4) is 16.9 Å². The van der Waals surface area contributed by atoms with Gasteiger partial charge in [-0.25, -0.2) is 0 Å². The van der Waals surface area contributed by atoms with Gasteiger partial charge in [0.05, 0.1) is 0 Å². The van der Waals surface area contributed by atoms with Gasteiger partial charge in [-0.05, 0) is 64.3 Å². The molecule has 34 heavy (non-hydrogen) atoms. The van der Waals surface area contributed by atoms with E-state index >= 15 is 0 Å². The van der Waals surface area contributed by atoms with E-state index in [9.17, 15) is 5.11 Å². The van der Waals surface area contributed by atoms with Crippen LogP contribution in [0, 0.1) is 0 Å². The average Bonchev–Trinajstić information content (AvgIpc) is 2.88. The summed E-state index contributed by atoms with van der Waals surface area (Å²) >= 11 is 0. The summed E-state index contributed by atoms with van der Waals surface area (Å²) < 4.78 is 0. The molecule has 5 rings (SSSR count). The van der Waals surface area contributed by atoms with Crippen LogP contribution < -0.4 is 0 Å². The third-order valence-corrected chi connectivity index (χ3v) is 6.41. The van der Waals surface area contributed by atoms with E-state index in [1.807, 2.05) is 18.2 Å². The molecule has 5 aromatic carbocycles. The number of rotatable bonds is 7. The number of hydrogen-bond donors (Lipinski definition) is 1. The zero-order valence-electron chi connectivity index (χ0n) is 19.2. The molecule has 0 amide bonds. The van der Waals surface area contributed by atoms with E-state index < -0.39 is 0 Å². The summed E-state index contributed by atoms with van der Waals surface area (Å²) in [5.74, 6) is 0.318. The minimum Gasteiger partial charge on any atom is -0.507 e. The molecule has 0 bridgehead atoms. The van der Waals surface area contributed by atoms with Crippen molar-refractivity contribution in [1.29, 1.82) is 0 Å². The van der Waals surface area contributed by atoms with Crippen LogP contribution in [0.4, 0.5) is 0 Å². The molecule has 1 nitrogen and oxygen atoms in total. The highest BCUT2D eigenvalue weighted by Gasteiger charge is 2.18. The Bertz CT molecular complexity index is 1360. The second-order valence-corrected chi connectivity index (χ2v) is 8.73. The number of phenolic OH excluding ortho intramolecular Hbond substituents is 1. The zero-order chi connectivity index (χ0) is 23.2. The standard InChI is InChI=1S/C33H28O/c34-33-19-11-10-18-30(33)29-21-20-28(22-25-12-4-1-5-13-25)31(23-26-14-6-2-7-15-26)32(29)24-27-16-8-3-9-17-27/h1-21,34H,22-24H2. The largest absolute Gasteiger partial charge is 0.507 e. The third-order valence-electron chi connectivity index (χ3n) is 6.41. The molecule has 5 aromatic rings. The van der Waals surface area contributed by atoms with Gasteiger partial charge in [0.15, 0.2) is 0 Å². The van der Waals surface area contributed by atoms with Crippen LogP contribution in [-0.4, -0.2) is 5.11 Å². The van der Waals surface area contributed by atoms with Crippen LogP contribution in [0.15, 0.2) is 127 Å². The maximum Gasteiger partial charge on any atom is 0.123 e. The van der Waals surface area contributed by atoms with Gasteiger partial charge in [-0.3, -0.25) is 0 Å². The Balaban J connectivity index is 1.71. The van der Waals surface area contributed by atoms with Crippen LogP contribution in [-0.2, 0) is 19.3 Å². The smallest absolute Gasteiger partial charge is 0.123 e. The van der Waals surface area contributed by atoms with Gasteiger partial charge in [0.25, 0.3) is 0 Å². The first-order valence-electron chi connectivity index (χ1n) is 11.8. The van der Waals surface area contributed by atoms with Gasteiger partial charge in [0.1, 0.15) is 5.75 Å². The molecule has 0 aliphatic carbocycles. The Kier molecular flexibility index (Phi) is 6.54. The second-order valence-electron chi connectivity index (χ2n) is 8.73. The number of aromatic hydroxyl groups is 1. The van der Waals surface area contributed by atoms with Gasteiger partial charge in [-0.1, -0.05) is 121 Å². The molecule has 1 N–H and O–H groups in total. The SMILES string of the molecule is Oc1ccccc1-c1ccc(Cc2ccccc2)c(Cc2ccccc2)c1Cc1ccccc1. The Hall–Kier alpha value is -4.10. The maximum atomic E-state index is 10.7. The van der Waals surface area contributed by atoms with E-state index in [1.54, 1.807) is 6.07 Å². The molecule has 1 heteroatoms. The molecular formula is C33H28O. The van der Waals surface area contributed by atoms with Crippen molar-refractivity contribution in [2.24, 2.45) is 0 Å². The number of para-hydroxylation sites is 1. The molecule has 0 saturated heterocycles. The number of phenols is 1. The summed E-state index contributed by atoms with van der Waals surface area (Å²) in [6, 6.07) is 44.1. The predicted molar refractivity (Wildman–Crippen MR) is 141 cm³/mol. The van der Waals surface area contributed by atoms with Crippen molar-refractivity contribution in [3.63, 3.8) is 0 Å². The van der Waals surface area contributed by atoms with Crippen molar-refractivity contribution in [2.75, 3.05) is 0 Å². The van der Waals surface area contributed by atoms with E-state index in [4.69, 9.17) is 0 Å². The van der Waals surface area contributed by atoms with Crippen molar-refractivity contribution in [2.45, 2.75) is 19.3 Å². The topological polar surface area (TPSA) is 20.2 Å². The Morgan fingerprint density at radius 1 is 0.382 bits per heavy atom. The summed E-state index contributed by atoms with van der Waals surface area (Å²) in [5.41, 5.74) is 9.81. The summed E-state index contributed by atoms with van der Waals surface area (Å²) in [6.45, 7) is 0. The number of hydrogen-bond acceptors (Lipinski definition) is 1. The van der Waals surface area contributed by atoms with Crippen LogP contribution in [0.2, 0.25) is 0 Å². The van der Waals surface area contributed by atoms with Gasteiger partial charge >= 0.3 is 0 Å². The molecule has 0 saturated carbocycles. The van der Waals surface area contributed by atoms with Crippen LogP contribution in [0.1, 0.15) is 33.4 Å². The minimum atomic E-state index is 0.318. The van der Waals surface area contributed by atoms with E-state index in [1.165, 1.54) is 33.4 Å². The molecule has 0 radical (unpaired) electrons. The lowest BCUT2D eigenvalue weighted by molar-refractivity contribution is 0.477. The molecule has 0 atom stereocenters. The molecule has 166 valence electrons. The van der Waals surface area contributed by atoms with Crippen LogP contribution >= 0.6 is 0 Å². The highest BCUT2D eigenvalue weighted by molar-refractivity contribution is 5.75. The van der Waals surface area contributed by atoms with Crippen molar-refractivity contribution in [1.82, 2.24) is 0 Å². The summed E-state index contributed by atoms with van der Waals surface area (Å²) in [5, 5.41) is 10.7. The zero-order valence-corrected chi connectivity index (χ0v) is 19.2. The first kappa shape index (κ1) is 21.7. The monoisotopic (exact) mass is 440 g/mol. The fourth-order valence-electron chi connectivity index (χ4n) is 4.70. The average molecular weight is 441 g/mol. The highest BCUT2D eigenvalue weighted by atomic mass is 16.3. The van der Waals surface area contributed by atoms with Crippen molar-refractivity contribution < 1.29 is 5.11 Å². The minimum absolute atomic E-state index is 0.318. The molecule has 0 aliphatic rings. The van der Waals surface area contributed by atoms with Crippen molar-refractivity contribution in [3.05, 3.63) is 161 Å². The fraction of sp³-hybridized carbons (Fsp3) is 0.0909. The first-order valence-corrected chi connectivity index (χ1v) is 11.8. The van der Waals surface area contributed by atoms with Gasteiger partial charge in [-0.2, -0.15) is 0 Å². The predicted octanol–water partition coefficient (Wildman–Crippen LogP) is 7.83. The lowest BCUT2D eigenvalue weighted by Gasteiger charge is -2.21. The van der Waals surface area contributed by atoms with Crippen LogP contribution in [0.5, 0.6) is 5.75 Å². The lowest BCUT2D eigenvalue weighted by Crippen LogP contribution is -2.06. The van der Waals surface area contributed by atoms with Gasteiger partial charge in [-0.15, -0.1) is 0 Å². The third kappa shape index (κ3) is 4.94. The van der Waals surface area contributed by atoms with Crippen LogP contribution in [0.25, 0.3) is 11.1 Å². The molecule has 0 aliphatic heterocycles. The fourth-order valence-corrected chi connectivity index (χ4v) is 4.70.